The van der Waals surface area contributed by atoms with Crippen LogP contribution in [0, 0.1) is 0 Å². The summed E-state index contributed by atoms with van der Waals surface area (Å²) < 4.78 is 8.60. The Bertz CT molecular complexity index is 953. The van der Waals surface area contributed by atoms with Gasteiger partial charge in [0, 0.05) is 12.1 Å². The highest BCUT2D eigenvalue weighted by atomic mass is 32.1. The van der Waals surface area contributed by atoms with Crippen molar-refractivity contribution in [1.29, 1.82) is 0 Å². The van der Waals surface area contributed by atoms with Crippen LogP contribution in [0.3, 0.4) is 0 Å². The van der Waals surface area contributed by atoms with Crippen LogP contribution in [0.15, 0.2) is 48.5 Å². The Kier molecular flexibility index (Phi) is 3.10. The predicted octanol–water partition coefficient (Wildman–Crippen LogP) is 3.68. The van der Waals surface area contributed by atoms with E-state index in [4.69, 9.17) is 15.5 Å². The average molecular weight is 309 g/mol. The lowest BCUT2D eigenvalue weighted by molar-refractivity contribution is 0.415. The van der Waals surface area contributed by atoms with Gasteiger partial charge in [-0.25, -0.2) is 4.98 Å². The maximum Gasteiger partial charge on any atom is 0.195 e. The first-order valence-corrected chi connectivity index (χ1v) is 7.87. The molecule has 4 rings (SSSR count). The zero-order valence-corrected chi connectivity index (χ0v) is 12.9. The highest BCUT2D eigenvalue weighted by Gasteiger charge is 2.16. The fraction of sp³-hybridized carbons (Fsp3) is 0.118. The molecule has 0 atom stereocenters. The van der Waals surface area contributed by atoms with Gasteiger partial charge in [0.15, 0.2) is 4.96 Å². The molecule has 0 aliphatic rings. The number of methoxy groups -OCH3 is 1. The van der Waals surface area contributed by atoms with Crippen molar-refractivity contribution in [3.05, 3.63) is 54.2 Å². The van der Waals surface area contributed by atoms with Crippen LogP contribution in [-0.4, -0.2) is 16.5 Å². The molecular formula is C17H15N3OS. The number of para-hydroxylation sites is 1. The summed E-state index contributed by atoms with van der Waals surface area (Å²) in [5, 5.41) is 0. The number of benzene rings is 2. The van der Waals surface area contributed by atoms with E-state index < -0.39 is 0 Å². The number of fused-ring (bicyclic) bond motifs is 3. The maximum absolute atomic E-state index is 6.02. The lowest BCUT2D eigenvalue weighted by atomic mass is 10.1. The fourth-order valence-electron chi connectivity index (χ4n) is 2.74. The largest absolute Gasteiger partial charge is 0.497 e. The molecule has 4 nitrogen and oxygen atoms in total. The van der Waals surface area contributed by atoms with Crippen molar-refractivity contribution in [3.63, 3.8) is 0 Å². The monoisotopic (exact) mass is 309 g/mol. The predicted molar refractivity (Wildman–Crippen MR) is 90.5 cm³/mol. The van der Waals surface area contributed by atoms with Crippen LogP contribution < -0.4 is 10.5 Å². The number of rotatable bonds is 3. The van der Waals surface area contributed by atoms with E-state index in [2.05, 4.69) is 16.5 Å². The fourth-order valence-corrected chi connectivity index (χ4v) is 3.79. The molecule has 110 valence electrons. The average Bonchev–Trinajstić information content (AvgIpc) is 3.10. The first-order valence-electron chi connectivity index (χ1n) is 7.05. The molecule has 2 N–H and O–H groups in total. The van der Waals surface area contributed by atoms with Crippen molar-refractivity contribution in [2.45, 2.75) is 6.54 Å². The van der Waals surface area contributed by atoms with Crippen molar-refractivity contribution in [2.24, 2.45) is 5.73 Å². The third-order valence-corrected chi connectivity index (χ3v) is 4.83. The lowest BCUT2D eigenvalue weighted by Crippen LogP contribution is -2.02. The van der Waals surface area contributed by atoms with Crippen LogP contribution in [0.25, 0.3) is 26.4 Å². The number of hydrogen-bond acceptors (Lipinski definition) is 4. The van der Waals surface area contributed by atoms with E-state index in [0.717, 1.165) is 33.2 Å². The Morgan fingerprint density at radius 2 is 1.91 bits per heavy atom. The van der Waals surface area contributed by atoms with E-state index >= 15 is 0 Å². The lowest BCUT2D eigenvalue weighted by Gasteiger charge is -2.04. The van der Waals surface area contributed by atoms with Crippen molar-refractivity contribution in [2.75, 3.05) is 7.11 Å². The molecular weight excluding hydrogens is 294 g/mol. The highest BCUT2D eigenvalue weighted by Crippen LogP contribution is 2.33. The third kappa shape index (κ3) is 1.90. The molecule has 0 saturated carbocycles. The molecule has 2 heterocycles. The first-order chi connectivity index (χ1) is 10.8. The molecule has 0 aliphatic carbocycles. The normalized spacial score (nSPS) is 11.4. The zero-order chi connectivity index (χ0) is 15.1. The number of thiazole rings is 1. The summed E-state index contributed by atoms with van der Waals surface area (Å²) in [4.78, 5) is 5.79. The Hall–Kier alpha value is -2.37. The van der Waals surface area contributed by atoms with Crippen LogP contribution in [0.4, 0.5) is 0 Å². The second-order valence-electron chi connectivity index (χ2n) is 5.03. The molecule has 0 aliphatic heterocycles. The topological polar surface area (TPSA) is 52.5 Å². The number of imidazole rings is 1. The van der Waals surface area contributed by atoms with Gasteiger partial charge in [0.2, 0.25) is 0 Å². The molecule has 0 saturated heterocycles. The smallest absolute Gasteiger partial charge is 0.195 e. The number of hydrogen-bond donors (Lipinski definition) is 1. The van der Waals surface area contributed by atoms with E-state index in [1.807, 2.05) is 36.4 Å². The molecule has 0 fully saturated rings. The summed E-state index contributed by atoms with van der Waals surface area (Å²) in [7, 11) is 1.67. The molecule has 0 amide bonds. The number of aromatic nitrogens is 2. The quantitative estimate of drug-likeness (QED) is 0.628. The van der Waals surface area contributed by atoms with Gasteiger partial charge < -0.3 is 10.5 Å². The second-order valence-corrected chi connectivity index (χ2v) is 6.04. The molecule has 5 heteroatoms. The SMILES string of the molecule is COc1ccc(-c2nc3sc4ccccc4n3c2CN)cc1. The summed E-state index contributed by atoms with van der Waals surface area (Å²) in [5.41, 5.74) is 10.2. The molecule has 0 radical (unpaired) electrons. The van der Waals surface area contributed by atoms with E-state index in [0.29, 0.717) is 6.54 Å². The summed E-state index contributed by atoms with van der Waals surface area (Å²) in [6.45, 7) is 0.448. The molecule has 0 spiro atoms. The zero-order valence-electron chi connectivity index (χ0n) is 12.1. The molecule has 2 aromatic carbocycles. The minimum absolute atomic E-state index is 0.448. The summed E-state index contributed by atoms with van der Waals surface area (Å²) in [5.74, 6) is 0.838. The van der Waals surface area contributed by atoms with Crippen LogP contribution in [-0.2, 0) is 6.54 Å². The van der Waals surface area contributed by atoms with Crippen LogP contribution >= 0.6 is 11.3 Å². The van der Waals surface area contributed by atoms with Crippen molar-refractivity contribution >= 4 is 26.5 Å². The number of ether oxygens (including phenoxy) is 1. The standard InChI is InChI=1S/C17H15N3OS/c1-21-12-8-6-11(7-9-12)16-14(10-18)20-13-4-2-3-5-15(13)22-17(20)19-16/h2-9H,10,18H2,1H3. The molecule has 0 bridgehead atoms. The Morgan fingerprint density at radius 3 is 2.64 bits per heavy atom. The summed E-state index contributed by atoms with van der Waals surface area (Å²) in [6, 6.07) is 16.2. The van der Waals surface area contributed by atoms with Crippen molar-refractivity contribution in [1.82, 2.24) is 9.38 Å². The second kappa shape index (κ2) is 5.12. The van der Waals surface area contributed by atoms with Gasteiger partial charge in [-0.3, -0.25) is 4.40 Å². The maximum atomic E-state index is 6.02. The van der Waals surface area contributed by atoms with E-state index in [1.54, 1.807) is 18.4 Å². The van der Waals surface area contributed by atoms with E-state index in [1.165, 1.54) is 4.70 Å². The van der Waals surface area contributed by atoms with Gasteiger partial charge >= 0.3 is 0 Å². The molecule has 22 heavy (non-hydrogen) atoms. The van der Waals surface area contributed by atoms with Gasteiger partial charge in [0.25, 0.3) is 0 Å². The Morgan fingerprint density at radius 1 is 1.14 bits per heavy atom. The van der Waals surface area contributed by atoms with Gasteiger partial charge in [-0.2, -0.15) is 0 Å². The minimum Gasteiger partial charge on any atom is -0.497 e. The molecule has 0 unspecified atom stereocenters. The van der Waals surface area contributed by atoms with Crippen LogP contribution in [0.5, 0.6) is 5.75 Å². The third-order valence-electron chi connectivity index (χ3n) is 3.81. The Labute approximate surface area is 131 Å². The van der Waals surface area contributed by atoms with Crippen molar-refractivity contribution < 1.29 is 4.74 Å². The van der Waals surface area contributed by atoms with Gasteiger partial charge in [-0.15, -0.1) is 0 Å². The van der Waals surface area contributed by atoms with Crippen molar-refractivity contribution in [3.8, 4) is 17.0 Å². The van der Waals surface area contributed by atoms with Crippen LogP contribution in [0.1, 0.15) is 5.69 Å². The molecule has 2 aromatic heterocycles. The Balaban J connectivity index is 1.97. The summed E-state index contributed by atoms with van der Waals surface area (Å²) >= 11 is 1.69. The van der Waals surface area contributed by atoms with Gasteiger partial charge in [-0.05, 0) is 36.4 Å². The van der Waals surface area contributed by atoms with Gasteiger partial charge in [0.1, 0.15) is 5.75 Å². The van der Waals surface area contributed by atoms with Gasteiger partial charge in [-0.1, -0.05) is 23.5 Å². The number of nitrogens with two attached hydrogens (primary N) is 1. The molecule has 4 aromatic rings. The number of nitrogens with zero attached hydrogens (tertiary/aromatic N) is 2. The van der Waals surface area contributed by atoms with E-state index in [9.17, 15) is 0 Å². The minimum atomic E-state index is 0.448. The van der Waals surface area contributed by atoms with Gasteiger partial charge in [0.05, 0.1) is 28.7 Å². The first kappa shape index (κ1) is 13.3. The van der Waals surface area contributed by atoms with Crippen LogP contribution in [0.2, 0.25) is 0 Å². The highest BCUT2D eigenvalue weighted by molar-refractivity contribution is 7.23. The summed E-state index contributed by atoms with van der Waals surface area (Å²) in [6.07, 6.45) is 0. The van der Waals surface area contributed by atoms with E-state index in [-0.39, 0.29) is 0 Å².